The van der Waals surface area contributed by atoms with Gasteiger partial charge in [0.15, 0.2) is 0 Å². The van der Waals surface area contributed by atoms with Gasteiger partial charge in [0.25, 0.3) is 0 Å². The van der Waals surface area contributed by atoms with E-state index in [0.717, 1.165) is 42.8 Å². The SMILES string of the molecule is Cn1c(CNC(=O)C2(n3cccn3)CCNCC2)nc2ccccc21. The van der Waals surface area contributed by atoms with E-state index in [1.165, 1.54) is 0 Å². The summed E-state index contributed by atoms with van der Waals surface area (Å²) in [5.41, 5.74) is 1.38. The minimum atomic E-state index is -0.626. The summed E-state index contributed by atoms with van der Waals surface area (Å²) in [4.78, 5) is 17.7. The minimum absolute atomic E-state index is 0.00440. The van der Waals surface area contributed by atoms with E-state index in [2.05, 4.69) is 20.7 Å². The summed E-state index contributed by atoms with van der Waals surface area (Å²) in [6.07, 6.45) is 5.05. The Hall–Kier alpha value is -2.67. The number of fused-ring (bicyclic) bond motifs is 1. The van der Waals surface area contributed by atoms with Gasteiger partial charge in [-0.3, -0.25) is 9.48 Å². The first kappa shape index (κ1) is 15.8. The zero-order valence-electron chi connectivity index (χ0n) is 14.3. The van der Waals surface area contributed by atoms with E-state index >= 15 is 0 Å². The standard InChI is InChI=1S/C18H22N6O/c1-23-15-6-3-2-5-14(15)22-16(23)13-20-17(25)18(7-10-19-11-8-18)24-12-4-9-21-24/h2-6,9,12,19H,7-8,10-11,13H2,1H3,(H,20,25). The number of hydrogen-bond donors (Lipinski definition) is 2. The third-order valence-corrected chi connectivity index (χ3v) is 5.08. The number of imidazole rings is 1. The van der Waals surface area contributed by atoms with Gasteiger partial charge in [0.1, 0.15) is 11.4 Å². The molecule has 7 nitrogen and oxygen atoms in total. The van der Waals surface area contributed by atoms with Gasteiger partial charge < -0.3 is 15.2 Å². The molecule has 0 radical (unpaired) electrons. The second kappa shape index (κ2) is 6.33. The molecule has 25 heavy (non-hydrogen) atoms. The summed E-state index contributed by atoms with van der Waals surface area (Å²) in [5, 5.41) is 10.8. The molecule has 1 aliphatic heterocycles. The first-order valence-corrected chi connectivity index (χ1v) is 8.60. The van der Waals surface area contributed by atoms with Crippen molar-refractivity contribution in [3.63, 3.8) is 0 Å². The Morgan fingerprint density at radius 2 is 2.08 bits per heavy atom. The van der Waals surface area contributed by atoms with Crippen LogP contribution in [0.1, 0.15) is 18.7 Å². The molecule has 0 saturated carbocycles. The number of rotatable bonds is 4. The van der Waals surface area contributed by atoms with Gasteiger partial charge in [-0.2, -0.15) is 5.10 Å². The smallest absolute Gasteiger partial charge is 0.248 e. The largest absolute Gasteiger partial charge is 0.347 e. The average Bonchev–Trinajstić information content (AvgIpc) is 3.30. The molecule has 0 bridgehead atoms. The molecule has 2 N–H and O–H groups in total. The molecule has 3 heterocycles. The fourth-order valence-corrected chi connectivity index (χ4v) is 3.60. The molecule has 130 valence electrons. The van der Waals surface area contributed by atoms with Gasteiger partial charge in [-0.1, -0.05) is 12.1 Å². The molecule has 1 aromatic carbocycles. The first-order valence-electron chi connectivity index (χ1n) is 8.60. The lowest BCUT2D eigenvalue weighted by Crippen LogP contribution is -2.54. The molecular weight excluding hydrogens is 316 g/mol. The van der Waals surface area contributed by atoms with Crippen LogP contribution >= 0.6 is 0 Å². The van der Waals surface area contributed by atoms with Crippen LogP contribution in [-0.4, -0.2) is 38.3 Å². The number of amides is 1. The van der Waals surface area contributed by atoms with Crippen LogP contribution in [0, 0.1) is 0 Å². The van der Waals surface area contributed by atoms with Gasteiger partial charge >= 0.3 is 0 Å². The number of nitrogens with one attached hydrogen (secondary N) is 2. The first-order chi connectivity index (χ1) is 12.2. The Kier molecular flexibility index (Phi) is 4.01. The highest BCUT2D eigenvalue weighted by Crippen LogP contribution is 2.27. The van der Waals surface area contributed by atoms with Crippen LogP contribution in [0.5, 0.6) is 0 Å². The van der Waals surface area contributed by atoms with Crippen LogP contribution in [0.2, 0.25) is 0 Å². The molecule has 0 atom stereocenters. The topological polar surface area (TPSA) is 76.8 Å². The lowest BCUT2D eigenvalue weighted by atomic mass is 9.87. The Balaban J connectivity index is 1.56. The zero-order valence-corrected chi connectivity index (χ0v) is 14.3. The van der Waals surface area contributed by atoms with Crippen LogP contribution in [0.25, 0.3) is 11.0 Å². The number of aryl methyl sites for hydroxylation is 1. The van der Waals surface area contributed by atoms with E-state index in [9.17, 15) is 4.79 Å². The molecule has 1 amide bonds. The van der Waals surface area contributed by atoms with Gasteiger partial charge in [0.2, 0.25) is 5.91 Å². The van der Waals surface area contributed by atoms with Gasteiger partial charge in [0.05, 0.1) is 17.6 Å². The lowest BCUT2D eigenvalue weighted by Gasteiger charge is -2.36. The highest BCUT2D eigenvalue weighted by Gasteiger charge is 2.41. The van der Waals surface area contributed by atoms with Crippen molar-refractivity contribution in [3.8, 4) is 0 Å². The van der Waals surface area contributed by atoms with Crippen molar-refractivity contribution < 1.29 is 4.79 Å². The summed E-state index contributed by atoms with van der Waals surface area (Å²) < 4.78 is 3.83. The summed E-state index contributed by atoms with van der Waals surface area (Å²) in [6.45, 7) is 2.01. The number of carbonyl (C=O) groups excluding carboxylic acids is 1. The second-order valence-electron chi connectivity index (χ2n) is 6.49. The lowest BCUT2D eigenvalue weighted by molar-refractivity contribution is -0.132. The van der Waals surface area contributed by atoms with E-state index < -0.39 is 5.54 Å². The van der Waals surface area contributed by atoms with Crippen molar-refractivity contribution in [2.24, 2.45) is 7.05 Å². The normalized spacial score (nSPS) is 16.8. The van der Waals surface area contributed by atoms with Crippen LogP contribution in [0.4, 0.5) is 0 Å². The summed E-state index contributed by atoms with van der Waals surface area (Å²) in [5.74, 6) is 0.851. The van der Waals surface area contributed by atoms with Crippen LogP contribution in [-0.2, 0) is 23.9 Å². The number of aromatic nitrogens is 4. The molecule has 1 fully saturated rings. The van der Waals surface area contributed by atoms with Crippen molar-refractivity contribution in [3.05, 3.63) is 48.5 Å². The maximum absolute atomic E-state index is 13.1. The molecule has 0 spiro atoms. The fraction of sp³-hybridized carbons (Fsp3) is 0.389. The molecule has 0 unspecified atom stereocenters. The van der Waals surface area contributed by atoms with E-state index in [1.54, 1.807) is 10.9 Å². The van der Waals surface area contributed by atoms with Crippen LogP contribution in [0.15, 0.2) is 42.7 Å². The number of piperidine rings is 1. The minimum Gasteiger partial charge on any atom is -0.347 e. The molecule has 4 rings (SSSR count). The van der Waals surface area contributed by atoms with E-state index in [4.69, 9.17) is 0 Å². The number of nitrogens with zero attached hydrogens (tertiary/aromatic N) is 4. The van der Waals surface area contributed by atoms with Crippen molar-refractivity contribution in [1.82, 2.24) is 30.0 Å². The molecular formula is C18H22N6O. The predicted octanol–water partition coefficient (Wildman–Crippen LogP) is 1.16. The monoisotopic (exact) mass is 338 g/mol. The highest BCUT2D eigenvalue weighted by molar-refractivity contribution is 5.84. The zero-order chi connectivity index (χ0) is 17.3. The maximum atomic E-state index is 13.1. The second-order valence-corrected chi connectivity index (χ2v) is 6.49. The Morgan fingerprint density at radius 1 is 1.28 bits per heavy atom. The van der Waals surface area contributed by atoms with Crippen molar-refractivity contribution in [2.45, 2.75) is 24.9 Å². The van der Waals surface area contributed by atoms with E-state index in [-0.39, 0.29) is 5.91 Å². The van der Waals surface area contributed by atoms with Gasteiger partial charge in [-0.25, -0.2) is 4.98 Å². The van der Waals surface area contributed by atoms with Crippen LogP contribution in [0.3, 0.4) is 0 Å². The average molecular weight is 338 g/mol. The van der Waals surface area contributed by atoms with Gasteiger partial charge in [-0.05, 0) is 44.1 Å². The Bertz CT molecular complexity index is 876. The Labute approximate surface area is 146 Å². The predicted molar refractivity (Wildman–Crippen MR) is 94.9 cm³/mol. The summed E-state index contributed by atoms with van der Waals surface area (Å²) in [7, 11) is 1.98. The fourth-order valence-electron chi connectivity index (χ4n) is 3.60. The summed E-state index contributed by atoms with van der Waals surface area (Å²) in [6, 6.07) is 9.85. The van der Waals surface area contributed by atoms with Crippen molar-refractivity contribution >= 4 is 16.9 Å². The molecule has 7 heteroatoms. The number of carbonyl (C=O) groups is 1. The third-order valence-electron chi connectivity index (χ3n) is 5.08. The van der Waals surface area contributed by atoms with Crippen LogP contribution < -0.4 is 10.6 Å². The van der Waals surface area contributed by atoms with E-state index in [1.807, 2.05) is 48.1 Å². The quantitative estimate of drug-likeness (QED) is 0.749. The third kappa shape index (κ3) is 2.70. The molecule has 3 aromatic rings. The van der Waals surface area contributed by atoms with Gasteiger partial charge in [0, 0.05) is 19.4 Å². The molecule has 1 aliphatic rings. The van der Waals surface area contributed by atoms with Crippen molar-refractivity contribution in [1.29, 1.82) is 0 Å². The number of hydrogen-bond acceptors (Lipinski definition) is 4. The molecule has 1 saturated heterocycles. The molecule has 0 aliphatic carbocycles. The van der Waals surface area contributed by atoms with E-state index in [0.29, 0.717) is 6.54 Å². The highest BCUT2D eigenvalue weighted by atomic mass is 16.2. The Morgan fingerprint density at radius 3 is 2.80 bits per heavy atom. The number of benzene rings is 1. The number of para-hydroxylation sites is 2. The summed E-state index contributed by atoms with van der Waals surface area (Å²) >= 11 is 0. The maximum Gasteiger partial charge on any atom is 0.248 e. The van der Waals surface area contributed by atoms with Gasteiger partial charge in [-0.15, -0.1) is 0 Å². The molecule has 2 aromatic heterocycles. The van der Waals surface area contributed by atoms with Crippen molar-refractivity contribution in [2.75, 3.05) is 13.1 Å².